The summed E-state index contributed by atoms with van der Waals surface area (Å²) < 4.78 is 10.4. The number of esters is 1. The fourth-order valence-corrected chi connectivity index (χ4v) is 3.16. The molecule has 8 heteroatoms. The summed E-state index contributed by atoms with van der Waals surface area (Å²) in [5.41, 5.74) is 1.49. The van der Waals surface area contributed by atoms with E-state index in [1.807, 2.05) is 30.3 Å². The van der Waals surface area contributed by atoms with Crippen LogP contribution in [0.3, 0.4) is 0 Å². The monoisotopic (exact) mass is 424 g/mol. The number of rotatable bonds is 8. The van der Waals surface area contributed by atoms with E-state index in [-0.39, 0.29) is 25.7 Å². The van der Waals surface area contributed by atoms with Gasteiger partial charge in [0.05, 0.1) is 17.7 Å². The van der Waals surface area contributed by atoms with Crippen LogP contribution in [0.25, 0.3) is 0 Å². The Labute approximate surface area is 180 Å². The summed E-state index contributed by atoms with van der Waals surface area (Å²) >= 11 is 0. The summed E-state index contributed by atoms with van der Waals surface area (Å²) in [6, 6.07) is 14.8. The van der Waals surface area contributed by atoms with Crippen LogP contribution in [-0.4, -0.2) is 48.0 Å². The lowest BCUT2D eigenvalue weighted by Gasteiger charge is -2.21. The first kappa shape index (κ1) is 22.0. The minimum Gasteiger partial charge on any atom is -0.462 e. The van der Waals surface area contributed by atoms with E-state index in [9.17, 15) is 19.2 Å². The number of carbonyl (C=O) groups excluding carboxylic acids is 4. The van der Waals surface area contributed by atoms with Gasteiger partial charge in [-0.2, -0.15) is 0 Å². The van der Waals surface area contributed by atoms with Gasteiger partial charge in [-0.3, -0.25) is 14.5 Å². The lowest BCUT2D eigenvalue weighted by molar-refractivity contribution is -0.147. The maximum atomic E-state index is 12.5. The quantitative estimate of drug-likeness (QED) is 0.516. The van der Waals surface area contributed by atoms with Gasteiger partial charge in [0.15, 0.2) is 0 Å². The first-order chi connectivity index (χ1) is 14.9. The number of benzene rings is 2. The van der Waals surface area contributed by atoms with E-state index in [2.05, 4.69) is 5.32 Å². The van der Waals surface area contributed by atoms with Crippen molar-refractivity contribution in [1.29, 1.82) is 0 Å². The Balaban J connectivity index is 1.49. The van der Waals surface area contributed by atoms with Crippen molar-refractivity contribution >= 4 is 23.9 Å². The molecule has 0 saturated heterocycles. The molecule has 162 valence electrons. The molecular weight excluding hydrogens is 400 g/mol. The van der Waals surface area contributed by atoms with Gasteiger partial charge in [-0.05, 0) is 23.6 Å². The van der Waals surface area contributed by atoms with Crippen molar-refractivity contribution in [3.8, 4) is 0 Å². The molecule has 31 heavy (non-hydrogen) atoms. The zero-order valence-corrected chi connectivity index (χ0v) is 17.4. The average molecular weight is 424 g/mol. The Kier molecular flexibility index (Phi) is 7.02. The molecule has 0 bridgehead atoms. The molecule has 1 aliphatic rings. The zero-order chi connectivity index (χ0) is 22.4. The molecule has 1 atom stereocenters. The van der Waals surface area contributed by atoms with E-state index < -0.39 is 29.9 Å². The van der Waals surface area contributed by atoms with E-state index in [1.165, 1.54) is 0 Å². The Hall–Kier alpha value is -3.68. The highest BCUT2D eigenvalue weighted by Gasteiger charge is 2.35. The van der Waals surface area contributed by atoms with Crippen LogP contribution in [-0.2, 0) is 20.9 Å². The molecule has 2 aromatic carbocycles. The SMILES string of the molecule is CC(C)[C@H](NC(=O)OCc1ccccc1)C(=O)OCCN1C(=O)c2ccccc2C1=O. The van der Waals surface area contributed by atoms with Crippen molar-refractivity contribution in [2.45, 2.75) is 26.5 Å². The van der Waals surface area contributed by atoms with Crippen LogP contribution in [0.1, 0.15) is 40.1 Å². The summed E-state index contributed by atoms with van der Waals surface area (Å²) in [4.78, 5) is 50.3. The molecule has 0 saturated carbocycles. The Morgan fingerprint density at radius 2 is 1.48 bits per heavy atom. The molecule has 0 spiro atoms. The third kappa shape index (κ3) is 5.28. The number of nitrogens with zero attached hydrogens (tertiary/aromatic N) is 1. The van der Waals surface area contributed by atoms with Gasteiger partial charge in [0.2, 0.25) is 0 Å². The number of amides is 3. The van der Waals surface area contributed by atoms with Crippen molar-refractivity contribution in [2.24, 2.45) is 5.92 Å². The number of hydrogen-bond donors (Lipinski definition) is 1. The predicted octanol–water partition coefficient (Wildman–Crippen LogP) is 2.78. The molecule has 3 amide bonds. The van der Waals surface area contributed by atoms with Gasteiger partial charge in [-0.25, -0.2) is 9.59 Å². The van der Waals surface area contributed by atoms with Gasteiger partial charge in [0, 0.05) is 0 Å². The molecule has 0 unspecified atom stereocenters. The lowest BCUT2D eigenvalue weighted by Crippen LogP contribution is -2.46. The van der Waals surface area contributed by atoms with Crippen LogP contribution in [0.4, 0.5) is 4.79 Å². The Morgan fingerprint density at radius 3 is 2.06 bits per heavy atom. The fraction of sp³-hybridized carbons (Fsp3) is 0.304. The van der Waals surface area contributed by atoms with Gasteiger partial charge in [-0.15, -0.1) is 0 Å². The number of nitrogens with one attached hydrogen (secondary N) is 1. The second kappa shape index (κ2) is 9.88. The predicted molar refractivity (Wildman–Crippen MR) is 111 cm³/mol. The third-order valence-electron chi connectivity index (χ3n) is 4.84. The number of imide groups is 1. The van der Waals surface area contributed by atoms with E-state index in [1.54, 1.807) is 38.1 Å². The molecule has 8 nitrogen and oxygen atoms in total. The van der Waals surface area contributed by atoms with Crippen molar-refractivity contribution in [2.75, 3.05) is 13.2 Å². The number of fused-ring (bicyclic) bond motifs is 1. The van der Waals surface area contributed by atoms with Gasteiger partial charge in [0.1, 0.15) is 19.3 Å². The molecule has 0 radical (unpaired) electrons. The normalized spacial score (nSPS) is 13.7. The van der Waals surface area contributed by atoms with Crippen LogP contribution in [0.15, 0.2) is 54.6 Å². The molecule has 1 heterocycles. The lowest BCUT2D eigenvalue weighted by atomic mass is 10.1. The fourth-order valence-electron chi connectivity index (χ4n) is 3.16. The topological polar surface area (TPSA) is 102 Å². The van der Waals surface area contributed by atoms with E-state index >= 15 is 0 Å². The first-order valence-electron chi connectivity index (χ1n) is 9.97. The van der Waals surface area contributed by atoms with E-state index in [0.29, 0.717) is 11.1 Å². The van der Waals surface area contributed by atoms with Crippen molar-refractivity contribution < 1.29 is 28.7 Å². The minimum absolute atomic E-state index is 0.0681. The molecular formula is C23H24N2O6. The Morgan fingerprint density at radius 1 is 0.903 bits per heavy atom. The van der Waals surface area contributed by atoms with Crippen LogP contribution >= 0.6 is 0 Å². The number of carbonyl (C=O) groups is 4. The highest BCUT2D eigenvalue weighted by Crippen LogP contribution is 2.22. The number of alkyl carbamates (subject to hydrolysis) is 1. The standard InChI is InChI=1S/C23H24N2O6/c1-15(2)19(24-23(29)31-14-16-8-4-3-5-9-16)22(28)30-13-12-25-20(26)17-10-6-7-11-18(17)21(25)27/h3-11,15,19H,12-14H2,1-2H3,(H,24,29)/t19-/m0/s1. The molecule has 1 N–H and O–H groups in total. The van der Waals surface area contributed by atoms with Crippen molar-refractivity contribution in [3.63, 3.8) is 0 Å². The van der Waals surface area contributed by atoms with Gasteiger partial charge < -0.3 is 14.8 Å². The van der Waals surface area contributed by atoms with E-state index in [4.69, 9.17) is 9.47 Å². The van der Waals surface area contributed by atoms with Crippen LogP contribution in [0.2, 0.25) is 0 Å². The molecule has 0 aromatic heterocycles. The summed E-state index contributed by atoms with van der Waals surface area (Å²) in [7, 11) is 0. The highest BCUT2D eigenvalue weighted by atomic mass is 16.6. The molecule has 2 aromatic rings. The zero-order valence-electron chi connectivity index (χ0n) is 17.4. The van der Waals surface area contributed by atoms with Crippen molar-refractivity contribution in [1.82, 2.24) is 10.2 Å². The van der Waals surface area contributed by atoms with Gasteiger partial charge >= 0.3 is 12.1 Å². The summed E-state index contributed by atoms with van der Waals surface area (Å²) in [5.74, 6) is -1.75. The third-order valence-corrected chi connectivity index (χ3v) is 4.84. The second-order valence-corrected chi connectivity index (χ2v) is 7.40. The number of hydrogen-bond acceptors (Lipinski definition) is 6. The average Bonchev–Trinajstić information content (AvgIpc) is 3.01. The molecule has 3 rings (SSSR count). The smallest absolute Gasteiger partial charge is 0.408 e. The second-order valence-electron chi connectivity index (χ2n) is 7.40. The minimum atomic E-state index is -0.926. The maximum Gasteiger partial charge on any atom is 0.408 e. The first-order valence-corrected chi connectivity index (χ1v) is 9.97. The molecule has 0 aliphatic carbocycles. The van der Waals surface area contributed by atoms with Crippen LogP contribution in [0, 0.1) is 5.92 Å². The van der Waals surface area contributed by atoms with Crippen LogP contribution in [0.5, 0.6) is 0 Å². The van der Waals surface area contributed by atoms with Crippen LogP contribution < -0.4 is 5.32 Å². The van der Waals surface area contributed by atoms with Gasteiger partial charge in [-0.1, -0.05) is 56.3 Å². The van der Waals surface area contributed by atoms with Gasteiger partial charge in [0.25, 0.3) is 11.8 Å². The van der Waals surface area contributed by atoms with Crippen molar-refractivity contribution in [3.05, 3.63) is 71.3 Å². The largest absolute Gasteiger partial charge is 0.462 e. The van der Waals surface area contributed by atoms with E-state index in [0.717, 1.165) is 10.5 Å². The Bertz CT molecular complexity index is 938. The highest BCUT2D eigenvalue weighted by molar-refractivity contribution is 6.21. The molecule has 1 aliphatic heterocycles. The maximum absolute atomic E-state index is 12.5. The summed E-state index contributed by atoms with van der Waals surface area (Å²) in [5, 5.41) is 2.51. The number of ether oxygens (including phenoxy) is 2. The summed E-state index contributed by atoms with van der Waals surface area (Å²) in [6.45, 7) is 3.35. The summed E-state index contributed by atoms with van der Waals surface area (Å²) in [6.07, 6.45) is -0.736. The molecule has 0 fully saturated rings.